The lowest BCUT2D eigenvalue weighted by Crippen LogP contribution is -2.43. The van der Waals surface area contributed by atoms with Gasteiger partial charge in [0.1, 0.15) is 6.04 Å². The molecule has 0 bridgehead atoms. The first-order valence-corrected chi connectivity index (χ1v) is 7.20. The van der Waals surface area contributed by atoms with E-state index in [1.165, 1.54) is 12.8 Å². The van der Waals surface area contributed by atoms with Crippen molar-refractivity contribution >= 4 is 11.9 Å². The van der Waals surface area contributed by atoms with Crippen LogP contribution in [0.1, 0.15) is 57.8 Å². The third kappa shape index (κ3) is 4.00. The molecule has 0 aromatic rings. The highest BCUT2D eigenvalue weighted by atomic mass is 16.4. The zero-order valence-corrected chi connectivity index (χ0v) is 10.9. The Bertz CT molecular complexity index is 304. The number of carbonyl (C=O) groups is 2. The summed E-state index contributed by atoms with van der Waals surface area (Å²) in [6.07, 6.45) is 9.27. The van der Waals surface area contributed by atoms with Crippen LogP contribution in [0, 0.1) is 11.8 Å². The van der Waals surface area contributed by atoms with Crippen molar-refractivity contribution in [1.29, 1.82) is 0 Å². The fourth-order valence-electron chi connectivity index (χ4n) is 2.74. The molecule has 0 aromatic heterocycles. The van der Waals surface area contributed by atoms with Gasteiger partial charge in [-0.15, -0.1) is 0 Å². The summed E-state index contributed by atoms with van der Waals surface area (Å²) in [5, 5.41) is 11.9. The first-order chi connectivity index (χ1) is 8.66. The van der Waals surface area contributed by atoms with Gasteiger partial charge in [-0.05, 0) is 25.2 Å². The number of carbonyl (C=O) groups excluding carboxylic acids is 1. The van der Waals surface area contributed by atoms with Crippen LogP contribution in [-0.4, -0.2) is 23.0 Å². The van der Waals surface area contributed by atoms with Crippen molar-refractivity contribution in [2.75, 3.05) is 0 Å². The average molecular weight is 253 g/mol. The summed E-state index contributed by atoms with van der Waals surface area (Å²) < 4.78 is 0. The molecule has 2 rings (SSSR count). The van der Waals surface area contributed by atoms with Crippen molar-refractivity contribution < 1.29 is 14.7 Å². The molecule has 102 valence electrons. The zero-order valence-electron chi connectivity index (χ0n) is 10.9. The minimum absolute atomic E-state index is 0.0357. The van der Waals surface area contributed by atoms with Crippen molar-refractivity contribution in [2.45, 2.75) is 63.8 Å². The molecule has 2 fully saturated rings. The van der Waals surface area contributed by atoms with Gasteiger partial charge in [0.25, 0.3) is 0 Å². The highest BCUT2D eigenvalue weighted by molar-refractivity contribution is 5.85. The molecule has 2 aliphatic rings. The maximum atomic E-state index is 12.1. The molecular weight excluding hydrogens is 230 g/mol. The van der Waals surface area contributed by atoms with Gasteiger partial charge < -0.3 is 10.4 Å². The number of hydrogen-bond acceptors (Lipinski definition) is 2. The molecule has 0 saturated heterocycles. The minimum Gasteiger partial charge on any atom is -0.480 e. The predicted molar refractivity (Wildman–Crippen MR) is 68.1 cm³/mol. The molecule has 0 radical (unpaired) electrons. The van der Waals surface area contributed by atoms with E-state index in [9.17, 15) is 9.59 Å². The summed E-state index contributed by atoms with van der Waals surface area (Å²) in [4.78, 5) is 23.2. The Morgan fingerprint density at radius 1 is 1.06 bits per heavy atom. The lowest BCUT2D eigenvalue weighted by Gasteiger charge is -2.19. The largest absolute Gasteiger partial charge is 0.480 e. The van der Waals surface area contributed by atoms with Crippen LogP contribution in [-0.2, 0) is 9.59 Å². The fourth-order valence-corrected chi connectivity index (χ4v) is 2.74. The molecule has 0 heterocycles. The highest BCUT2D eigenvalue weighted by Gasteiger charge is 2.31. The van der Waals surface area contributed by atoms with Crippen LogP contribution < -0.4 is 5.32 Å². The number of nitrogens with one attached hydrogen (secondary N) is 1. The Labute approximate surface area is 108 Å². The Hall–Kier alpha value is -1.06. The summed E-state index contributed by atoms with van der Waals surface area (Å²) in [5.74, 6) is -0.372. The monoisotopic (exact) mass is 253 g/mol. The minimum atomic E-state index is -0.885. The van der Waals surface area contributed by atoms with Gasteiger partial charge in [0.05, 0.1) is 0 Å². The van der Waals surface area contributed by atoms with Crippen molar-refractivity contribution in [3.05, 3.63) is 0 Å². The number of amides is 1. The van der Waals surface area contributed by atoms with Crippen molar-refractivity contribution in [3.63, 3.8) is 0 Å². The standard InChI is InChI=1S/C14H23NO3/c16-13(11-5-3-1-2-4-6-11)15-12(14(17)18)9-10-7-8-10/h10-12H,1-9H2,(H,15,16)(H,17,18). The Morgan fingerprint density at radius 2 is 1.67 bits per heavy atom. The van der Waals surface area contributed by atoms with Crippen LogP contribution in [0.15, 0.2) is 0 Å². The molecule has 0 spiro atoms. The lowest BCUT2D eigenvalue weighted by atomic mass is 9.98. The SMILES string of the molecule is O=C(NC(CC1CC1)C(=O)O)C1CCCCCC1. The zero-order chi connectivity index (χ0) is 13.0. The lowest BCUT2D eigenvalue weighted by molar-refractivity contribution is -0.142. The molecule has 2 aliphatic carbocycles. The van der Waals surface area contributed by atoms with Crippen LogP contribution in [0.5, 0.6) is 0 Å². The predicted octanol–water partition coefficient (Wildman–Crippen LogP) is 2.33. The van der Waals surface area contributed by atoms with Gasteiger partial charge in [0.2, 0.25) is 5.91 Å². The van der Waals surface area contributed by atoms with Crippen molar-refractivity contribution in [3.8, 4) is 0 Å². The molecule has 1 amide bonds. The van der Waals surface area contributed by atoms with E-state index in [0.29, 0.717) is 12.3 Å². The summed E-state index contributed by atoms with van der Waals surface area (Å²) in [7, 11) is 0. The Kier molecular flexibility index (Phi) is 4.61. The van der Waals surface area contributed by atoms with Gasteiger partial charge in [0, 0.05) is 5.92 Å². The summed E-state index contributed by atoms with van der Waals surface area (Å²) >= 11 is 0. The van der Waals surface area contributed by atoms with Crippen LogP contribution in [0.25, 0.3) is 0 Å². The molecule has 1 atom stereocenters. The van der Waals surface area contributed by atoms with E-state index in [0.717, 1.165) is 38.5 Å². The summed E-state index contributed by atoms with van der Waals surface area (Å²) in [6.45, 7) is 0. The average Bonchev–Trinajstić information content (AvgIpc) is 3.14. The molecule has 0 aliphatic heterocycles. The van der Waals surface area contributed by atoms with E-state index >= 15 is 0 Å². The number of aliphatic carboxylic acids is 1. The van der Waals surface area contributed by atoms with Crippen molar-refractivity contribution in [1.82, 2.24) is 5.32 Å². The Morgan fingerprint density at radius 3 is 2.17 bits per heavy atom. The maximum absolute atomic E-state index is 12.1. The molecule has 2 saturated carbocycles. The second-order valence-electron chi connectivity index (χ2n) is 5.77. The number of hydrogen-bond donors (Lipinski definition) is 2. The summed E-state index contributed by atoms with van der Waals surface area (Å²) in [6, 6.07) is -0.673. The first kappa shape index (κ1) is 13.4. The van der Waals surface area contributed by atoms with Gasteiger partial charge in [-0.3, -0.25) is 4.79 Å². The van der Waals surface area contributed by atoms with E-state index in [-0.39, 0.29) is 11.8 Å². The van der Waals surface area contributed by atoms with Gasteiger partial charge in [-0.2, -0.15) is 0 Å². The third-order valence-corrected chi connectivity index (χ3v) is 4.11. The fraction of sp³-hybridized carbons (Fsp3) is 0.857. The van der Waals surface area contributed by atoms with E-state index < -0.39 is 12.0 Å². The summed E-state index contributed by atoms with van der Waals surface area (Å²) in [5.41, 5.74) is 0. The molecule has 0 aromatic carbocycles. The topological polar surface area (TPSA) is 66.4 Å². The van der Waals surface area contributed by atoms with E-state index in [1.54, 1.807) is 0 Å². The molecule has 2 N–H and O–H groups in total. The van der Waals surface area contributed by atoms with Gasteiger partial charge >= 0.3 is 5.97 Å². The van der Waals surface area contributed by atoms with Crippen LogP contribution in [0.2, 0.25) is 0 Å². The third-order valence-electron chi connectivity index (χ3n) is 4.11. The highest BCUT2D eigenvalue weighted by Crippen LogP contribution is 2.33. The molecule has 18 heavy (non-hydrogen) atoms. The number of carboxylic acids is 1. The van der Waals surface area contributed by atoms with E-state index in [1.807, 2.05) is 0 Å². The quantitative estimate of drug-likeness (QED) is 0.739. The molecule has 1 unspecified atom stereocenters. The van der Waals surface area contributed by atoms with Crippen LogP contribution in [0.3, 0.4) is 0 Å². The first-order valence-electron chi connectivity index (χ1n) is 7.20. The van der Waals surface area contributed by atoms with E-state index in [4.69, 9.17) is 5.11 Å². The second kappa shape index (κ2) is 6.21. The van der Waals surface area contributed by atoms with Crippen LogP contribution >= 0.6 is 0 Å². The molecule has 4 nitrogen and oxygen atoms in total. The number of carboxylic acid groups (broad SMARTS) is 1. The molecule has 4 heteroatoms. The van der Waals surface area contributed by atoms with E-state index in [2.05, 4.69) is 5.32 Å². The number of rotatable bonds is 5. The normalized spacial score (nSPS) is 23.1. The Balaban J connectivity index is 1.84. The second-order valence-corrected chi connectivity index (χ2v) is 5.77. The van der Waals surface area contributed by atoms with Crippen molar-refractivity contribution in [2.24, 2.45) is 11.8 Å². The van der Waals surface area contributed by atoms with Gasteiger partial charge in [-0.1, -0.05) is 38.5 Å². The molecular formula is C14H23NO3. The smallest absolute Gasteiger partial charge is 0.326 e. The van der Waals surface area contributed by atoms with Gasteiger partial charge in [0.15, 0.2) is 0 Å². The maximum Gasteiger partial charge on any atom is 0.326 e. The van der Waals surface area contributed by atoms with Gasteiger partial charge in [-0.25, -0.2) is 4.79 Å². The van der Waals surface area contributed by atoms with Crippen LogP contribution in [0.4, 0.5) is 0 Å².